The van der Waals surface area contributed by atoms with Crippen LogP contribution >= 0.6 is 0 Å². The van der Waals surface area contributed by atoms with Gasteiger partial charge in [-0.2, -0.15) is 17.2 Å². The maximum absolute atomic E-state index is 6.42. The van der Waals surface area contributed by atoms with Gasteiger partial charge in [-0.25, -0.2) is 4.98 Å². The van der Waals surface area contributed by atoms with Gasteiger partial charge in [0.15, 0.2) is 0 Å². The van der Waals surface area contributed by atoms with Crippen LogP contribution in [0.1, 0.15) is 42.8 Å². The van der Waals surface area contributed by atoms with Crippen LogP contribution in [-0.2, 0) is 27.5 Å². The molecule has 46 heavy (non-hydrogen) atoms. The van der Waals surface area contributed by atoms with E-state index in [0.29, 0.717) is 17.4 Å². The Labute approximate surface area is 285 Å². The summed E-state index contributed by atoms with van der Waals surface area (Å²) in [6.07, 6.45) is 4.08. The Bertz CT molecular complexity index is 2160. The van der Waals surface area contributed by atoms with Gasteiger partial charge in [-0.15, -0.1) is 35.7 Å². The third kappa shape index (κ3) is 6.04. The van der Waals surface area contributed by atoms with E-state index in [9.17, 15) is 0 Å². The maximum atomic E-state index is 6.42. The number of aryl methyl sites for hydroxylation is 3. The van der Waals surface area contributed by atoms with E-state index in [0.717, 1.165) is 63.3 Å². The normalized spacial score (nSPS) is 11.3. The molecular weight excluding hydrogens is 748 g/mol. The molecule has 0 saturated heterocycles. The van der Waals surface area contributed by atoms with Crippen molar-refractivity contribution in [2.75, 3.05) is 0 Å². The molecule has 4 aromatic carbocycles. The van der Waals surface area contributed by atoms with E-state index in [1.54, 1.807) is 0 Å². The minimum absolute atomic E-state index is 0. The molecule has 6 heteroatoms. The van der Waals surface area contributed by atoms with Gasteiger partial charge >= 0.3 is 21.1 Å². The van der Waals surface area contributed by atoms with Gasteiger partial charge < -0.3 is 9.30 Å². The van der Waals surface area contributed by atoms with Crippen molar-refractivity contribution in [2.45, 2.75) is 47.5 Å². The van der Waals surface area contributed by atoms with Crippen molar-refractivity contribution < 1.29 is 25.8 Å². The first-order chi connectivity index (χ1) is 21.9. The minimum Gasteiger partial charge on any atom is -0.509 e. The molecule has 232 valence electrons. The fourth-order valence-corrected chi connectivity index (χ4v) is 6.17. The topological polar surface area (TPSA) is 44.9 Å². The van der Waals surface area contributed by atoms with E-state index in [1.165, 1.54) is 16.5 Å². The molecule has 0 N–H and O–H groups in total. The first-order valence-electron chi connectivity index (χ1n) is 15.6. The van der Waals surface area contributed by atoms with Crippen LogP contribution in [0.5, 0.6) is 11.5 Å². The monoisotopic (exact) mass is 783 g/mol. The zero-order valence-corrected chi connectivity index (χ0v) is 29.0. The Balaban J connectivity index is 0.00000372. The molecule has 3 aromatic heterocycles. The Morgan fingerprint density at radius 1 is 0.804 bits per heavy atom. The van der Waals surface area contributed by atoms with E-state index in [2.05, 4.69) is 105 Å². The molecule has 7 aromatic rings. The molecule has 0 aliphatic heterocycles. The van der Waals surface area contributed by atoms with Crippen LogP contribution in [0.25, 0.3) is 44.4 Å². The second kappa shape index (κ2) is 13.1. The Morgan fingerprint density at radius 2 is 1.61 bits per heavy atom. The third-order valence-corrected chi connectivity index (χ3v) is 8.41. The molecule has 0 atom stereocenters. The maximum Gasteiger partial charge on any atom is 2.00 e. The molecule has 7 rings (SSSR count). The molecule has 0 fully saturated rings. The van der Waals surface area contributed by atoms with Gasteiger partial charge in [-0.05, 0) is 79.9 Å². The second-order valence-electron chi connectivity index (χ2n) is 12.2. The zero-order chi connectivity index (χ0) is 31.1. The fourth-order valence-electron chi connectivity index (χ4n) is 6.17. The molecule has 0 aliphatic rings. The van der Waals surface area contributed by atoms with Gasteiger partial charge in [0.2, 0.25) is 0 Å². The van der Waals surface area contributed by atoms with Crippen molar-refractivity contribution in [3.8, 4) is 34.1 Å². The number of hydrogen-bond acceptors (Lipinski definition) is 3. The molecular formula is C40H36N4OPt. The van der Waals surface area contributed by atoms with Crippen molar-refractivity contribution >= 4 is 21.8 Å². The smallest absolute Gasteiger partial charge is 0.509 e. The van der Waals surface area contributed by atoms with Gasteiger partial charge in [-0.1, -0.05) is 67.4 Å². The summed E-state index contributed by atoms with van der Waals surface area (Å²) >= 11 is 0. The number of pyridine rings is 1. The van der Waals surface area contributed by atoms with E-state index < -0.39 is 0 Å². The number of rotatable bonds is 8. The van der Waals surface area contributed by atoms with Crippen molar-refractivity contribution in [3.05, 3.63) is 132 Å². The molecule has 0 radical (unpaired) electrons. The predicted molar refractivity (Wildman–Crippen MR) is 183 cm³/mol. The Morgan fingerprint density at radius 3 is 2.41 bits per heavy atom. The molecule has 0 amide bonds. The van der Waals surface area contributed by atoms with E-state index >= 15 is 0 Å². The summed E-state index contributed by atoms with van der Waals surface area (Å²) < 4.78 is 10.6. The van der Waals surface area contributed by atoms with Crippen LogP contribution in [0.3, 0.4) is 0 Å². The summed E-state index contributed by atoms with van der Waals surface area (Å²) in [4.78, 5) is 4.82. The Kier molecular flexibility index (Phi) is 8.97. The van der Waals surface area contributed by atoms with Crippen molar-refractivity contribution in [1.29, 1.82) is 0 Å². The van der Waals surface area contributed by atoms with Crippen LogP contribution in [0.2, 0.25) is 0 Å². The standard InChI is InChI=1S/C40H36N4O.Pt/c1-26(2)14-16-30-20-21-41-39(23-30)43-37-19-15-27(3)22-36(37)35-18-17-34(25-38(35)43)45-33-13-9-12-32(24-33)44-29(5)40(28(4)42-44)31-10-7-6-8-11-31;/h6-13,15,17-23,26H,14,16H2,1-5H3;/q-2;+2. The number of nitrogens with zero attached hydrogens (tertiary/aromatic N) is 4. The van der Waals surface area contributed by atoms with Crippen LogP contribution in [0.4, 0.5) is 0 Å². The van der Waals surface area contributed by atoms with Gasteiger partial charge in [0.05, 0.1) is 5.69 Å². The van der Waals surface area contributed by atoms with Crippen molar-refractivity contribution in [3.63, 3.8) is 0 Å². The van der Waals surface area contributed by atoms with Gasteiger partial charge in [0.1, 0.15) is 5.82 Å². The van der Waals surface area contributed by atoms with Gasteiger partial charge in [-0.3, -0.25) is 4.68 Å². The van der Waals surface area contributed by atoms with Crippen molar-refractivity contribution in [1.82, 2.24) is 19.3 Å². The van der Waals surface area contributed by atoms with Gasteiger partial charge in [0, 0.05) is 34.5 Å². The number of benzene rings is 4. The molecule has 0 bridgehead atoms. The van der Waals surface area contributed by atoms with E-state index in [4.69, 9.17) is 14.8 Å². The minimum atomic E-state index is 0. The van der Waals surface area contributed by atoms with E-state index in [1.807, 2.05) is 48.1 Å². The number of hydrogen-bond donors (Lipinski definition) is 0. The largest absolute Gasteiger partial charge is 2.00 e. The second-order valence-corrected chi connectivity index (χ2v) is 12.2. The summed E-state index contributed by atoms with van der Waals surface area (Å²) in [6, 6.07) is 38.3. The predicted octanol–water partition coefficient (Wildman–Crippen LogP) is 9.94. The first kappa shape index (κ1) is 31.5. The average molecular weight is 784 g/mol. The third-order valence-electron chi connectivity index (χ3n) is 8.41. The summed E-state index contributed by atoms with van der Waals surface area (Å²) in [5, 5.41) is 7.15. The molecule has 0 aliphatic carbocycles. The summed E-state index contributed by atoms with van der Waals surface area (Å²) in [5.74, 6) is 2.75. The number of ether oxygens (including phenoxy) is 1. The van der Waals surface area contributed by atoms with Crippen molar-refractivity contribution in [2.24, 2.45) is 5.92 Å². The quantitative estimate of drug-likeness (QED) is 0.144. The summed E-state index contributed by atoms with van der Waals surface area (Å²) in [6.45, 7) is 10.8. The van der Waals surface area contributed by atoms with E-state index in [-0.39, 0.29) is 21.1 Å². The number of aromatic nitrogens is 4. The van der Waals surface area contributed by atoms with Crippen LogP contribution < -0.4 is 4.74 Å². The molecule has 0 unspecified atom stereocenters. The molecule has 0 saturated carbocycles. The number of fused-ring (bicyclic) bond motifs is 3. The summed E-state index contributed by atoms with van der Waals surface area (Å²) in [7, 11) is 0. The first-order valence-corrected chi connectivity index (χ1v) is 15.6. The molecule has 0 spiro atoms. The molecule has 3 heterocycles. The average Bonchev–Trinajstić information content (AvgIpc) is 3.52. The zero-order valence-electron chi connectivity index (χ0n) is 26.7. The Hall–Kier alpha value is -4.47. The molecule has 5 nitrogen and oxygen atoms in total. The van der Waals surface area contributed by atoms with Crippen LogP contribution in [0, 0.1) is 38.8 Å². The van der Waals surface area contributed by atoms with Gasteiger partial charge in [0.25, 0.3) is 0 Å². The van der Waals surface area contributed by atoms with Crippen LogP contribution in [0.15, 0.2) is 97.2 Å². The summed E-state index contributed by atoms with van der Waals surface area (Å²) in [5.41, 5.74) is 9.68. The fraction of sp³-hybridized carbons (Fsp3) is 0.200. The SMILES string of the molecule is Cc1ccc2c(c1)c1ccc(Oc3[c-]c(-n4nc(C)c(-c5ccccc5)c4C)ccc3)[c-]c1n2-c1cc(CCC(C)C)ccn1.[Pt+2]. The van der Waals surface area contributed by atoms with Crippen LogP contribution in [-0.4, -0.2) is 19.3 Å².